The van der Waals surface area contributed by atoms with Gasteiger partial charge in [-0.1, -0.05) is 0 Å². The van der Waals surface area contributed by atoms with Crippen LogP contribution in [0.1, 0.15) is 0 Å². The van der Waals surface area contributed by atoms with Crippen molar-refractivity contribution < 1.29 is 0 Å². The first-order chi connectivity index (χ1) is 15.2. The number of rotatable bonds is 6. The van der Waals surface area contributed by atoms with E-state index in [9.17, 15) is 0 Å². The van der Waals surface area contributed by atoms with Gasteiger partial charge in [-0.2, -0.15) is 0 Å². The Kier molecular flexibility index (Phi) is 5.48. The molecule has 0 aliphatic carbocycles. The van der Waals surface area contributed by atoms with Crippen LogP contribution in [0.2, 0.25) is 0 Å². The van der Waals surface area contributed by atoms with Crippen molar-refractivity contribution in [2.75, 3.05) is 19.1 Å². The summed E-state index contributed by atoms with van der Waals surface area (Å²) in [6, 6.07) is 18.8. The van der Waals surface area contributed by atoms with Gasteiger partial charge in [0, 0.05) is 0 Å². The van der Waals surface area contributed by atoms with E-state index in [0.717, 1.165) is 0 Å². The van der Waals surface area contributed by atoms with Crippen molar-refractivity contribution in [3.63, 3.8) is 0 Å². The fourth-order valence-corrected chi connectivity index (χ4v) is 30.1. The van der Waals surface area contributed by atoms with Crippen molar-refractivity contribution in [2.45, 2.75) is 0 Å². The van der Waals surface area contributed by atoms with Crippen molar-refractivity contribution in [1.29, 1.82) is 0 Å². The van der Waals surface area contributed by atoms with Gasteiger partial charge in [0.2, 0.25) is 0 Å². The summed E-state index contributed by atoms with van der Waals surface area (Å²) in [6.07, 6.45) is 3.35. The predicted octanol–water partition coefficient (Wildman–Crippen LogP) is 9.36. The number of halogens is 4. The summed E-state index contributed by atoms with van der Waals surface area (Å²) >= 11 is 32.7. The van der Waals surface area contributed by atoms with E-state index in [2.05, 4.69) is 20.1 Å². The molecule has 14 heteroatoms. The zero-order valence-electron chi connectivity index (χ0n) is 16.1. The zero-order chi connectivity index (χ0) is 22.5. The minimum absolute atomic E-state index is 0.551. The molecule has 1 fully saturated rings. The third-order valence-electron chi connectivity index (χ3n) is 4.69. The van der Waals surface area contributed by atoms with Crippen LogP contribution in [0.4, 0.5) is 21.6 Å². The van der Waals surface area contributed by atoms with Gasteiger partial charge >= 0.3 is 214 Å². The summed E-state index contributed by atoms with van der Waals surface area (Å²) in [6.45, 7) is 0. The summed E-state index contributed by atoms with van der Waals surface area (Å²) in [5.74, 6) is -8.55. The first-order valence-corrected chi connectivity index (χ1v) is 18.9. The third-order valence-corrected chi connectivity index (χ3v) is 22.4. The van der Waals surface area contributed by atoms with Crippen molar-refractivity contribution in [3.8, 4) is 0 Å². The Morgan fingerprint density at radius 3 is 1.31 bits per heavy atom. The number of anilines is 4. The fourth-order valence-electron chi connectivity index (χ4n) is 3.62. The molecule has 4 aromatic rings. The van der Waals surface area contributed by atoms with Crippen LogP contribution in [0, 0.1) is 0 Å². The Hall–Kier alpha value is -1.08. The number of aromatic nitrogens is 2. The maximum absolute atomic E-state index is 7.48. The van der Waals surface area contributed by atoms with E-state index in [1.165, 1.54) is 22.7 Å². The molecule has 5 rings (SSSR count). The van der Waals surface area contributed by atoms with Crippen LogP contribution in [-0.4, -0.2) is 9.97 Å². The average Bonchev–Trinajstić information content (AvgIpc) is 3.42. The molecule has 0 unspecified atom stereocenters. The Bertz CT molecular complexity index is 1120. The van der Waals surface area contributed by atoms with Gasteiger partial charge in [-0.3, -0.25) is 0 Å². The van der Waals surface area contributed by atoms with Gasteiger partial charge in [0.15, 0.2) is 0 Å². The molecular formula is C18H16Cl4N6P2S2. The molecule has 0 radical (unpaired) electrons. The summed E-state index contributed by atoms with van der Waals surface area (Å²) in [5.41, 5.74) is 1.33. The second-order valence-corrected chi connectivity index (χ2v) is 23.3. The van der Waals surface area contributed by atoms with Crippen LogP contribution in [0.25, 0.3) is 0 Å². The first-order valence-electron chi connectivity index (χ1n) is 9.20. The predicted molar refractivity (Wildman–Crippen MR) is 147 cm³/mol. The Morgan fingerprint density at radius 1 is 0.625 bits per heavy atom. The molecule has 2 aromatic carbocycles. The van der Waals surface area contributed by atoms with Gasteiger partial charge in [-0.15, -0.1) is 0 Å². The second-order valence-electron chi connectivity index (χ2n) is 6.80. The molecule has 0 bridgehead atoms. The number of para-hydroxylation sites is 2. The van der Waals surface area contributed by atoms with Gasteiger partial charge < -0.3 is 0 Å². The van der Waals surface area contributed by atoms with Crippen LogP contribution in [0.5, 0.6) is 0 Å². The molecule has 6 nitrogen and oxygen atoms in total. The fraction of sp³-hybridized carbons (Fsp3) is 0. The van der Waals surface area contributed by atoms with Crippen molar-refractivity contribution in [3.05, 3.63) is 83.8 Å². The molecule has 1 aliphatic heterocycles. The summed E-state index contributed by atoms with van der Waals surface area (Å²) in [7, 11) is 0. The Balaban J connectivity index is 1.77. The van der Waals surface area contributed by atoms with Gasteiger partial charge in [-0.05, 0) is 0 Å². The number of thiazole rings is 2. The quantitative estimate of drug-likeness (QED) is 0.220. The standard InChI is InChI=1S/C18H16Cl4N6P2S2/c19-29(20,25-17-23-11-13-31-17)27(15-7-3-1-4-8-15)30(21,22,26-18-24-12-14-32-18)28(29)16-9-5-2-6-10-16/h1-14H,(H,23,25)(H,24,26). The van der Waals surface area contributed by atoms with E-state index in [1.807, 2.05) is 71.4 Å². The van der Waals surface area contributed by atoms with Crippen LogP contribution in [0.15, 0.2) is 83.8 Å². The Labute approximate surface area is 212 Å². The summed E-state index contributed by atoms with van der Waals surface area (Å²) < 4.78 is 3.42. The van der Waals surface area contributed by atoms with Gasteiger partial charge in [0.05, 0.1) is 0 Å². The molecule has 2 aromatic heterocycles. The van der Waals surface area contributed by atoms with Crippen LogP contribution < -0.4 is 19.1 Å². The molecular weight excluding hydrogens is 568 g/mol. The molecule has 0 atom stereocenters. The molecule has 168 valence electrons. The van der Waals surface area contributed by atoms with E-state index >= 15 is 0 Å². The minimum atomic E-state index is -4.28. The summed E-state index contributed by atoms with van der Waals surface area (Å²) in [4.78, 5) is 8.69. The van der Waals surface area contributed by atoms with Crippen molar-refractivity contribution in [2.24, 2.45) is 0 Å². The third kappa shape index (κ3) is 3.44. The number of hydrogen-bond donors (Lipinski definition) is 2. The topological polar surface area (TPSA) is 56.3 Å². The average molecular weight is 584 g/mol. The molecule has 0 spiro atoms. The van der Waals surface area contributed by atoms with Gasteiger partial charge in [-0.25, -0.2) is 0 Å². The van der Waals surface area contributed by atoms with Crippen LogP contribution >= 0.6 is 79.2 Å². The van der Waals surface area contributed by atoms with Crippen molar-refractivity contribution >= 4 is 101 Å². The molecule has 0 amide bonds. The summed E-state index contributed by atoms with van der Waals surface area (Å²) in [5, 5.41) is 11.4. The number of nitrogens with one attached hydrogen (secondary N) is 2. The monoisotopic (exact) mass is 582 g/mol. The molecule has 32 heavy (non-hydrogen) atoms. The SMILES string of the molecule is ClP1(Cl)(Nc2nccs2)N(c2ccccc2)P(Cl)(Cl)(Nc2nccs2)N1c1ccccc1. The van der Waals surface area contributed by atoms with Crippen molar-refractivity contribution in [1.82, 2.24) is 9.97 Å². The molecule has 0 saturated carbocycles. The van der Waals surface area contributed by atoms with Crippen LogP contribution in [0.3, 0.4) is 0 Å². The van der Waals surface area contributed by atoms with E-state index in [4.69, 9.17) is 45.0 Å². The molecule has 3 heterocycles. The Morgan fingerprint density at radius 2 is 1.00 bits per heavy atom. The van der Waals surface area contributed by atoms with E-state index in [0.29, 0.717) is 21.6 Å². The number of nitrogens with zero attached hydrogens (tertiary/aromatic N) is 4. The molecule has 1 saturated heterocycles. The maximum atomic E-state index is 7.48. The first kappa shape index (κ1) is 22.7. The second kappa shape index (κ2) is 7.72. The molecule has 1 aliphatic rings. The van der Waals surface area contributed by atoms with E-state index < -0.39 is 11.5 Å². The number of hydrogen-bond acceptors (Lipinski definition) is 8. The van der Waals surface area contributed by atoms with Gasteiger partial charge in [0.25, 0.3) is 0 Å². The van der Waals surface area contributed by atoms with Gasteiger partial charge in [0.1, 0.15) is 0 Å². The molecule has 2 N–H and O–H groups in total. The zero-order valence-corrected chi connectivity index (χ0v) is 22.5. The number of benzene rings is 2. The van der Waals surface area contributed by atoms with Crippen LogP contribution in [-0.2, 0) is 0 Å². The van der Waals surface area contributed by atoms with E-state index in [1.54, 1.807) is 21.3 Å². The van der Waals surface area contributed by atoms with E-state index in [-0.39, 0.29) is 0 Å². The normalized spacial score (nSPS) is 22.4.